The Morgan fingerprint density at radius 1 is 1.07 bits per heavy atom. The summed E-state index contributed by atoms with van der Waals surface area (Å²) in [4.78, 5) is 2.69. The van der Waals surface area contributed by atoms with E-state index in [2.05, 4.69) is 10.2 Å². The summed E-state index contributed by atoms with van der Waals surface area (Å²) >= 11 is 0. The van der Waals surface area contributed by atoms with E-state index in [4.69, 9.17) is 0 Å². The van der Waals surface area contributed by atoms with Crippen LogP contribution in [0.4, 0.5) is 0 Å². The minimum absolute atomic E-state index is 0.836. The molecule has 0 aromatic heterocycles. The van der Waals surface area contributed by atoms with Gasteiger partial charge < -0.3 is 10.2 Å². The molecule has 1 heterocycles. The highest BCUT2D eigenvalue weighted by molar-refractivity contribution is 5.04. The third-order valence-corrected chi connectivity index (χ3v) is 4.90. The zero-order valence-electron chi connectivity index (χ0n) is 9.80. The Balaban J connectivity index is 1.48. The molecule has 1 aliphatic heterocycles. The first kappa shape index (κ1) is 10.1. The van der Waals surface area contributed by atoms with Gasteiger partial charge in [-0.2, -0.15) is 0 Å². The molecule has 2 aliphatic carbocycles. The van der Waals surface area contributed by atoms with Gasteiger partial charge in [-0.15, -0.1) is 0 Å². The van der Waals surface area contributed by atoms with Crippen LogP contribution in [0.2, 0.25) is 0 Å². The molecular formula is C13H24N2. The number of hydrogen-bond acceptors (Lipinski definition) is 2. The van der Waals surface area contributed by atoms with Crippen LogP contribution in [0.15, 0.2) is 0 Å². The number of piperazine rings is 1. The van der Waals surface area contributed by atoms with Crippen molar-refractivity contribution in [1.82, 2.24) is 10.2 Å². The van der Waals surface area contributed by atoms with Gasteiger partial charge in [-0.05, 0) is 30.6 Å². The molecule has 15 heavy (non-hydrogen) atoms. The Morgan fingerprint density at radius 3 is 2.53 bits per heavy atom. The lowest BCUT2D eigenvalue weighted by Gasteiger charge is -2.29. The van der Waals surface area contributed by atoms with E-state index in [1.807, 2.05) is 0 Å². The summed E-state index contributed by atoms with van der Waals surface area (Å²) in [7, 11) is 0. The fraction of sp³-hybridized carbons (Fsp3) is 1.00. The van der Waals surface area contributed by atoms with Crippen LogP contribution in [0.25, 0.3) is 0 Å². The first-order chi connectivity index (χ1) is 7.39. The largest absolute Gasteiger partial charge is 0.314 e. The van der Waals surface area contributed by atoms with E-state index in [0.717, 1.165) is 11.3 Å². The smallest absolute Gasteiger partial charge is 0.0107 e. The van der Waals surface area contributed by atoms with Crippen molar-refractivity contribution in [3.63, 3.8) is 0 Å². The molecule has 0 aromatic rings. The molecule has 2 saturated carbocycles. The molecular weight excluding hydrogens is 184 g/mol. The third kappa shape index (κ3) is 2.07. The molecule has 1 unspecified atom stereocenters. The van der Waals surface area contributed by atoms with Crippen molar-refractivity contribution in [2.45, 2.75) is 38.5 Å². The zero-order valence-corrected chi connectivity index (χ0v) is 9.80. The van der Waals surface area contributed by atoms with Crippen LogP contribution in [-0.2, 0) is 0 Å². The normalized spacial score (nSPS) is 35.6. The second-order valence-corrected chi connectivity index (χ2v) is 5.87. The molecule has 1 saturated heterocycles. The summed E-state index contributed by atoms with van der Waals surface area (Å²) in [6.45, 7) is 6.39. The van der Waals surface area contributed by atoms with Gasteiger partial charge in [-0.1, -0.05) is 19.3 Å². The highest BCUT2D eigenvalue weighted by Crippen LogP contribution is 2.61. The van der Waals surface area contributed by atoms with Crippen molar-refractivity contribution < 1.29 is 0 Å². The first-order valence-corrected chi connectivity index (χ1v) is 6.82. The van der Waals surface area contributed by atoms with Gasteiger partial charge in [0.1, 0.15) is 0 Å². The SMILES string of the molecule is C1CCC2(CC1)CC2CN1CCNCC1. The quantitative estimate of drug-likeness (QED) is 0.745. The van der Waals surface area contributed by atoms with Gasteiger partial charge in [0.25, 0.3) is 0 Å². The van der Waals surface area contributed by atoms with Crippen LogP contribution >= 0.6 is 0 Å². The molecule has 3 aliphatic rings. The number of hydrogen-bond donors (Lipinski definition) is 1. The minimum Gasteiger partial charge on any atom is -0.314 e. The van der Waals surface area contributed by atoms with Gasteiger partial charge in [0.2, 0.25) is 0 Å². The van der Waals surface area contributed by atoms with Crippen molar-refractivity contribution in [2.75, 3.05) is 32.7 Å². The molecule has 1 atom stereocenters. The lowest BCUT2D eigenvalue weighted by atomic mass is 9.84. The molecule has 0 radical (unpaired) electrons. The minimum atomic E-state index is 0.836. The van der Waals surface area contributed by atoms with E-state index in [0.29, 0.717) is 0 Å². The number of nitrogens with one attached hydrogen (secondary N) is 1. The van der Waals surface area contributed by atoms with E-state index < -0.39 is 0 Å². The zero-order chi connectivity index (χ0) is 10.1. The Labute approximate surface area is 93.4 Å². The third-order valence-electron chi connectivity index (χ3n) is 4.90. The molecule has 2 nitrogen and oxygen atoms in total. The number of rotatable bonds is 2. The topological polar surface area (TPSA) is 15.3 Å². The maximum Gasteiger partial charge on any atom is 0.0107 e. The average Bonchev–Trinajstić information content (AvgIpc) is 2.93. The van der Waals surface area contributed by atoms with Gasteiger partial charge in [0.15, 0.2) is 0 Å². The van der Waals surface area contributed by atoms with Crippen molar-refractivity contribution >= 4 is 0 Å². The molecule has 1 N–H and O–H groups in total. The second-order valence-electron chi connectivity index (χ2n) is 5.87. The molecule has 3 fully saturated rings. The molecule has 3 rings (SSSR count). The van der Waals surface area contributed by atoms with Crippen molar-refractivity contribution in [2.24, 2.45) is 11.3 Å². The summed E-state index contributed by atoms with van der Waals surface area (Å²) in [6.07, 6.45) is 9.17. The standard InChI is InChI=1S/C13H24N2/c1-2-4-13(5-3-1)10-12(13)11-15-8-6-14-7-9-15/h12,14H,1-11H2. The maximum atomic E-state index is 3.44. The van der Waals surface area contributed by atoms with Crippen molar-refractivity contribution in [1.29, 1.82) is 0 Å². The van der Waals surface area contributed by atoms with Crippen LogP contribution < -0.4 is 5.32 Å². The Bertz CT molecular complexity index is 215. The summed E-state index contributed by atoms with van der Waals surface area (Å²) < 4.78 is 0. The van der Waals surface area contributed by atoms with Crippen LogP contribution in [-0.4, -0.2) is 37.6 Å². The second kappa shape index (κ2) is 4.06. The van der Waals surface area contributed by atoms with Gasteiger partial charge in [-0.25, -0.2) is 0 Å². The van der Waals surface area contributed by atoms with Gasteiger partial charge in [0.05, 0.1) is 0 Å². The van der Waals surface area contributed by atoms with E-state index in [1.165, 1.54) is 52.0 Å². The average molecular weight is 208 g/mol. The van der Waals surface area contributed by atoms with Crippen LogP contribution in [0.1, 0.15) is 38.5 Å². The fourth-order valence-electron chi connectivity index (χ4n) is 3.76. The molecule has 1 spiro atoms. The number of nitrogens with zero attached hydrogens (tertiary/aromatic N) is 1. The Kier molecular flexibility index (Phi) is 2.73. The van der Waals surface area contributed by atoms with Crippen molar-refractivity contribution in [3.8, 4) is 0 Å². The Hall–Kier alpha value is -0.0800. The molecule has 0 aromatic carbocycles. The van der Waals surface area contributed by atoms with Gasteiger partial charge in [0, 0.05) is 32.7 Å². The van der Waals surface area contributed by atoms with Gasteiger partial charge >= 0.3 is 0 Å². The summed E-state index contributed by atoms with van der Waals surface area (Å²) in [5, 5.41) is 3.44. The van der Waals surface area contributed by atoms with Gasteiger partial charge in [-0.3, -0.25) is 0 Å². The van der Waals surface area contributed by atoms with Crippen molar-refractivity contribution in [3.05, 3.63) is 0 Å². The molecule has 2 heteroatoms. The highest BCUT2D eigenvalue weighted by atomic mass is 15.2. The first-order valence-electron chi connectivity index (χ1n) is 6.82. The summed E-state index contributed by atoms with van der Waals surface area (Å²) in [5.74, 6) is 1.07. The van der Waals surface area contributed by atoms with E-state index in [1.54, 1.807) is 19.3 Å². The van der Waals surface area contributed by atoms with Crippen LogP contribution in [0.3, 0.4) is 0 Å². The van der Waals surface area contributed by atoms with E-state index >= 15 is 0 Å². The highest BCUT2D eigenvalue weighted by Gasteiger charge is 2.53. The lowest BCUT2D eigenvalue weighted by molar-refractivity contribution is 0.205. The predicted octanol–water partition coefficient (Wildman–Crippen LogP) is 1.86. The predicted molar refractivity (Wildman–Crippen MR) is 62.9 cm³/mol. The monoisotopic (exact) mass is 208 g/mol. The molecule has 0 amide bonds. The fourth-order valence-corrected chi connectivity index (χ4v) is 3.76. The lowest BCUT2D eigenvalue weighted by Crippen LogP contribution is -2.44. The molecule has 0 bridgehead atoms. The Morgan fingerprint density at radius 2 is 1.80 bits per heavy atom. The van der Waals surface area contributed by atoms with E-state index in [-0.39, 0.29) is 0 Å². The van der Waals surface area contributed by atoms with Crippen LogP contribution in [0, 0.1) is 11.3 Å². The summed E-state index contributed by atoms with van der Waals surface area (Å²) in [6, 6.07) is 0. The molecule has 86 valence electrons. The van der Waals surface area contributed by atoms with E-state index in [9.17, 15) is 0 Å². The maximum absolute atomic E-state index is 3.44. The summed E-state index contributed by atoms with van der Waals surface area (Å²) in [5.41, 5.74) is 0.836. The van der Waals surface area contributed by atoms with Crippen LogP contribution in [0.5, 0.6) is 0 Å².